The van der Waals surface area contributed by atoms with Crippen molar-refractivity contribution in [3.05, 3.63) is 0 Å². The predicted molar refractivity (Wildman–Crippen MR) is 76.6 cm³/mol. The van der Waals surface area contributed by atoms with Crippen molar-refractivity contribution < 1.29 is 19.0 Å². The van der Waals surface area contributed by atoms with Crippen LogP contribution in [-0.4, -0.2) is 61.7 Å². The van der Waals surface area contributed by atoms with Crippen LogP contribution in [-0.2, 0) is 14.2 Å². The number of hydrogen-bond acceptors (Lipinski definition) is 5. The first kappa shape index (κ1) is 17.2. The number of ether oxygens (including phenoxy) is 3. The number of amides is 1. The Morgan fingerprint density at radius 2 is 2.20 bits per heavy atom. The zero-order valence-corrected chi connectivity index (χ0v) is 13.1. The van der Waals surface area contributed by atoms with Gasteiger partial charge in [-0.25, -0.2) is 4.79 Å². The van der Waals surface area contributed by atoms with Crippen molar-refractivity contribution in [2.75, 3.05) is 33.0 Å². The molecule has 0 radical (unpaired) electrons. The molecule has 0 aliphatic carbocycles. The zero-order chi connectivity index (χ0) is 15.2. The van der Waals surface area contributed by atoms with Crippen molar-refractivity contribution in [1.29, 1.82) is 0 Å². The maximum absolute atomic E-state index is 12.2. The van der Waals surface area contributed by atoms with Gasteiger partial charge in [0.15, 0.2) is 0 Å². The molecule has 0 aromatic carbocycles. The van der Waals surface area contributed by atoms with Gasteiger partial charge in [-0.1, -0.05) is 6.92 Å². The van der Waals surface area contributed by atoms with Crippen molar-refractivity contribution in [3.8, 4) is 0 Å². The highest BCUT2D eigenvalue weighted by Crippen LogP contribution is 2.16. The van der Waals surface area contributed by atoms with Crippen LogP contribution in [0.3, 0.4) is 0 Å². The molecular formula is C14H28N2O4. The van der Waals surface area contributed by atoms with Crippen LogP contribution in [0.15, 0.2) is 0 Å². The minimum absolute atomic E-state index is 0.199. The first-order valence-electron chi connectivity index (χ1n) is 7.26. The molecule has 6 heteroatoms. The quantitative estimate of drug-likeness (QED) is 0.774. The van der Waals surface area contributed by atoms with E-state index in [-0.39, 0.29) is 18.2 Å². The maximum atomic E-state index is 12.2. The van der Waals surface area contributed by atoms with Gasteiger partial charge < -0.3 is 19.9 Å². The number of hydrogen-bond donors (Lipinski definition) is 1. The fourth-order valence-electron chi connectivity index (χ4n) is 2.00. The monoisotopic (exact) mass is 288 g/mol. The average Bonchev–Trinajstić information content (AvgIpc) is 2.37. The first-order chi connectivity index (χ1) is 9.35. The SMILES string of the molecule is CCCOCC(N)C1COCCN1C(=O)OC(C)(C)C. The summed E-state index contributed by atoms with van der Waals surface area (Å²) < 4.78 is 16.3. The van der Waals surface area contributed by atoms with Gasteiger partial charge in [-0.15, -0.1) is 0 Å². The Balaban J connectivity index is 2.59. The van der Waals surface area contributed by atoms with Gasteiger partial charge in [0.1, 0.15) is 5.60 Å². The summed E-state index contributed by atoms with van der Waals surface area (Å²) in [6, 6.07) is -0.468. The maximum Gasteiger partial charge on any atom is 0.410 e. The summed E-state index contributed by atoms with van der Waals surface area (Å²) in [5.74, 6) is 0. The molecule has 1 saturated heterocycles. The normalized spacial score (nSPS) is 21.6. The molecule has 0 saturated carbocycles. The molecule has 118 valence electrons. The second-order valence-electron chi connectivity index (χ2n) is 6.05. The minimum Gasteiger partial charge on any atom is -0.444 e. The van der Waals surface area contributed by atoms with Crippen LogP contribution in [0.2, 0.25) is 0 Å². The van der Waals surface area contributed by atoms with Crippen LogP contribution in [0.1, 0.15) is 34.1 Å². The lowest BCUT2D eigenvalue weighted by Crippen LogP contribution is -2.58. The van der Waals surface area contributed by atoms with E-state index in [9.17, 15) is 4.79 Å². The standard InChI is InChI=1S/C14H28N2O4/c1-5-7-18-9-11(15)12-10-19-8-6-16(12)13(17)20-14(2,3)4/h11-12H,5-10,15H2,1-4H3. The lowest BCUT2D eigenvalue weighted by Gasteiger charge is -2.39. The van der Waals surface area contributed by atoms with E-state index in [1.165, 1.54) is 0 Å². The molecule has 0 aromatic rings. The zero-order valence-electron chi connectivity index (χ0n) is 13.1. The molecule has 0 spiro atoms. The van der Waals surface area contributed by atoms with Crippen molar-refractivity contribution in [2.45, 2.75) is 51.8 Å². The molecule has 1 fully saturated rings. The van der Waals surface area contributed by atoms with Gasteiger partial charge >= 0.3 is 6.09 Å². The molecular weight excluding hydrogens is 260 g/mol. The summed E-state index contributed by atoms with van der Waals surface area (Å²) >= 11 is 0. The van der Waals surface area contributed by atoms with E-state index in [0.29, 0.717) is 33.0 Å². The lowest BCUT2D eigenvalue weighted by atomic mass is 10.1. The minimum atomic E-state index is -0.511. The van der Waals surface area contributed by atoms with Crippen molar-refractivity contribution >= 4 is 6.09 Å². The third kappa shape index (κ3) is 5.64. The molecule has 1 heterocycles. The Hall–Kier alpha value is -0.850. The number of carbonyl (C=O) groups excluding carboxylic acids is 1. The van der Waals surface area contributed by atoms with E-state index in [2.05, 4.69) is 0 Å². The van der Waals surface area contributed by atoms with Gasteiger partial charge in [-0.2, -0.15) is 0 Å². The summed E-state index contributed by atoms with van der Waals surface area (Å²) in [5.41, 5.74) is 5.62. The van der Waals surface area contributed by atoms with Crippen LogP contribution >= 0.6 is 0 Å². The van der Waals surface area contributed by atoms with Gasteiger partial charge in [0.05, 0.1) is 31.9 Å². The van der Waals surface area contributed by atoms with Gasteiger partial charge in [0.2, 0.25) is 0 Å². The van der Waals surface area contributed by atoms with E-state index in [0.717, 1.165) is 6.42 Å². The molecule has 2 unspecified atom stereocenters. The first-order valence-corrected chi connectivity index (χ1v) is 7.26. The van der Waals surface area contributed by atoms with E-state index in [1.807, 2.05) is 27.7 Å². The number of nitrogens with zero attached hydrogens (tertiary/aromatic N) is 1. The Bertz CT molecular complexity index is 304. The van der Waals surface area contributed by atoms with Gasteiger partial charge in [-0.3, -0.25) is 4.90 Å². The highest BCUT2D eigenvalue weighted by Gasteiger charge is 2.34. The molecule has 1 amide bonds. The van der Waals surface area contributed by atoms with Gasteiger partial charge in [0.25, 0.3) is 0 Å². The van der Waals surface area contributed by atoms with Gasteiger partial charge in [-0.05, 0) is 27.2 Å². The third-order valence-electron chi connectivity index (χ3n) is 2.95. The molecule has 2 atom stereocenters. The van der Waals surface area contributed by atoms with Crippen LogP contribution < -0.4 is 5.73 Å². The lowest BCUT2D eigenvalue weighted by molar-refractivity contribution is -0.0452. The summed E-state index contributed by atoms with van der Waals surface area (Å²) in [7, 11) is 0. The van der Waals surface area contributed by atoms with Crippen LogP contribution in [0.25, 0.3) is 0 Å². The van der Waals surface area contributed by atoms with E-state index < -0.39 is 5.60 Å². The van der Waals surface area contributed by atoms with Crippen molar-refractivity contribution in [2.24, 2.45) is 5.73 Å². The van der Waals surface area contributed by atoms with E-state index in [1.54, 1.807) is 4.90 Å². The highest BCUT2D eigenvalue weighted by molar-refractivity contribution is 5.68. The largest absolute Gasteiger partial charge is 0.444 e. The number of carbonyl (C=O) groups is 1. The molecule has 20 heavy (non-hydrogen) atoms. The van der Waals surface area contributed by atoms with E-state index >= 15 is 0 Å². The number of morpholine rings is 1. The van der Waals surface area contributed by atoms with Crippen LogP contribution in [0.4, 0.5) is 4.79 Å². The van der Waals surface area contributed by atoms with Crippen LogP contribution in [0, 0.1) is 0 Å². The van der Waals surface area contributed by atoms with Crippen LogP contribution in [0.5, 0.6) is 0 Å². The molecule has 1 rings (SSSR count). The summed E-state index contributed by atoms with van der Waals surface area (Å²) in [5, 5.41) is 0. The van der Waals surface area contributed by atoms with Crippen molar-refractivity contribution in [3.63, 3.8) is 0 Å². The molecule has 2 N–H and O–H groups in total. The highest BCUT2D eigenvalue weighted by atomic mass is 16.6. The second kappa shape index (κ2) is 7.81. The predicted octanol–water partition coefficient (Wildman–Crippen LogP) is 1.38. The summed E-state index contributed by atoms with van der Waals surface area (Å²) in [6.07, 6.45) is 0.612. The Kier molecular flexibility index (Phi) is 6.71. The average molecular weight is 288 g/mol. The Morgan fingerprint density at radius 3 is 2.80 bits per heavy atom. The molecule has 6 nitrogen and oxygen atoms in total. The van der Waals surface area contributed by atoms with Crippen molar-refractivity contribution in [1.82, 2.24) is 4.90 Å². The topological polar surface area (TPSA) is 74.0 Å². The smallest absolute Gasteiger partial charge is 0.410 e. The molecule has 0 bridgehead atoms. The van der Waals surface area contributed by atoms with E-state index in [4.69, 9.17) is 19.9 Å². The Labute approximate surface area is 121 Å². The fourth-order valence-corrected chi connectivity index (χ4v) is 2.00. The summed E-state index contributed by atoms with van der Waals surface area (Å²) in [6.45, 7) is 10.1. The number of rotatable bonds is 5. The second-order valence-corrected chi connectivity index (χ2v) is 6.05. The number of nitrogens with two attached hydrogens (primary N) is 1. The molecule has 1 aliphatic heterocycles. The summed E-state index contributed by atoms with van der Waals surface area (Å²) in [4.78, 5) is 13.9. The molecule has 0 aromatic heterocycles. The molecule has 1 aliphatic rings. The Morgan fingerprint density at radius 1 is 1.50 bits per heavy atom. The fraction of sp³-hybridized carbons (Fsp3) is 0.929. The van der Waals surface area contributed by atoms with Gasteiger partial charge in [0, 0.05) is 13.2 Å². The third-order valence-corrected chi connectivity index (χ3v) is 2.95.